The van der Waals surface area contributed by atoms with Crippen LogP contribution in [0.25, 0.3) is 10.9 Å². The van der Waals surface area contributed by atoms with E-state index in [0.717, 1.165) is 37.4 Å². The highest BCUT2D eigenvalue weighted by molar-refractivity contribution is 5.90. The third-order valence-corrected chi connectivity index (χ3v) is 4.74. The molecule has 1 aromatic carbocycles. The van der Waals surface area contributed by atoms with Gasteiger partial charge in [0, 0.05) is 36.3 Å². The first-order valence-corrected chi connectivity index (χ1v) is 8.41. The highest BCUT2D eigenvalue weighted by Gasteiger charge is 2.25. The number of piperidine rings is 1. The summed E-state index contributed by atoms with van der Waals surface area (Å²) in [5, 5.41) is 0.711. The number of methoxy groups -OCH3 is 1. The molecular weight excluding hydrogens is 319 g/mol. The van der Waals surface area contributed by atoms with Crippen LogP contribution >= 0.6 is 0 Å². The number of rotatable bonds is 3. The van der Waals surface area contributed by atoms with E-state index in [9.17, 15) is 4.39 Å². The zero-order valence-electron chi connectivity index (χ0n) is 14.0. The maximum Gasteiger partial charge on any atom is 0.191 e. The average molecular weight is 338 g/mol. The Morgan fingerprint density at radius 2 is 2.08 bits per heavy atom. The van der Waals surface area contributed by atoms with Gasteiger partial charge in [0.2, 0.25) is 0 Å². The van der Waals surface area contributed by atoms with Gasteiger partial charge in [-0.25, -0.2) is 14.4 Å². The van der Waals surface area contributed by atoms with Gasteiger partial charge in [-0.3, -0.25) is 4.98 Å². The molecule has 0 N–H and O–H groups in total. The van der Waals surface area contributed by atoms with E-state index < -0.39 is 5.82 Å². The summed E-state index contributed by atoms with van der Waals surface area (Å²) < 4.78 is 19.6. The van der Waals surface area contributed by atoms with Crippen LogP contribution in [-0.2, 0) is 0 Å². The Balaban J connectivity index is 1.71. The van der Waals surface area contributed by atoms with Gasteiger partial charge in [-0.2, -0.15) is 0 Å². The van der Waals surface area contributed by atoms with Crippen LogP contribution in [0, 0.1) is 5.82 Å². The first-order valence-electron chi connectivity index (χ1n) is 8.41. The molecule has 6 heteroatoms. The number of hydrogen-bond acceptors (Lipinski definition) is 5. The van der Waals surface area contributed by atoms with Gasteiger partial charge in [-0.05, 0) is 37.1 Å². The van der Waals surface area contributed by atoms with E-state index in [0.29, 0.717) is 16.8 Å². The lowest BCUT2D eigenvalue weighted by atomic mass is 9.94. The normalized spacial score (nSPS) is 17.7. The lowest BCUT2D eigenvalue weighted by molar-refractivity contribution is 0.388. The monoisotopic (exact) mass is 338 g/mol. The molecule has 0 saturated carbocycles. The number of halogens is 1. The minimum atomic E-state index is -0.443. The number of fused-ring (bicyclic) bond motifs is 1. The summed E-state index contributed by atoms with van der Waals surface area (Å²) in [6.45, 7) is 1.71. The Hall–Kier alpha value is -2.76. The van der Waals surface area contributed by atoms with Crippen molar-refractivity contribution in [1.29, 1.82) is 0 Å². The highest BCUT2D eigenvalue weighted by atomic mass is 19.1. The molecule has 3 aromatic rings. The van der Waals surface area contributed by atoms with Crippen molar-refractivity contribution >= 4 is 16.7 Å². The predicted octanol–water partition coefficient (Wildman–Crippen LogP) is 3.56. The van der Waals surface area contributed by atoms with Crippen molar-refractivity contribution in [2.24, 2.45) is 0 Å². The fraction of sp³-hybridized carbons (Fsp3) is 0.316. The first-order chi connectivity index (χ1) is 12.3. The Labute approximate surface area is 145 Å². The van der Waals surface area contributed by atoms with Crippen LogP contribution in [0.5, 0.6) is 5.75 Å². The van der Waals surface area contributed by atoms with E-state index in [1.165, 1.54) is 13.4 Å². The fourth-order valence-electron chi connectivity index (χ4n) is 3.50. The lowest BCUT2D eigenvalue weighted by Crippen LogP contribution is -2.35. The van der Waals surface area contributed by atoms with Gasteiger partial charge in [-0.1, -0.05) is 6.07 Å². The van der Waals surface area contributed by atoms with Crippen molar-refractivity contribution < 1.29 is 9.13 Å². The Morgan fingerprint density at radius 1 is 1.16 bits per heavy atom. The van der Waals surface area contributed by atoms with Crippen molar-refractivity contribution in [3.63, 3.8) is 0 Å². The lowest BCUT2D eigenvalue weighted by Gasteiger charge is -2.33. The molecule has 0 spiro atoms. The van der Waals surface area contributed by atoms with Crippen molar-refractivity contribution in [2.45, 2.75) is 18.8 Å². The number of aromatic nitrogens is 3. The third-order valence-electron chi connectivity index (χ3n) is 4.74. The zero-order valence-corrected chi connectivity index (χ0v) is 14.0. The van der Waals surface area contributed by atoms with Crippen molar-refractivity contribution in [3.05, 3.63) is 54.4 Å². The second kappa shape index (κ2) is 6.63. The van der Waals surface area contributed by atoms with Crippen molar-refractivity contribution in [3.8, 4) is 5.75 Å². The molecule has 1 aliphatic heterocycles. The molecule has 1 unspecified atom stereocenters. The first kappa shape index (κ1) is 15.7. The predicted molar refractivity (Wildman–Crippen MR) is 94.5 cm³/mol. The van der Waals surface area contributed by atoms with Gasteiger partial charge in [0.15, 0.2) is 11.6 Å². The Bertz CT molecular complexity index is 887. The summed E-state index contributed by atoms with van der Waals surface area (Å²) in [6.07, 6.45) is 5.39. The van der Waals surface area contributed by atoms with Crippen molar-refractivity contribution in [1.82, 2.24) is 15.0 Å². The molecule has 2 aromatic heterocycles. The van der Waals surface area contributed by atoms with Crippen LogP contribution in [0.15, 0.2) is 42.9 Å². The van der Waals surface area contributed by atoms with Crippen LogP contribution in [0.4, 0.5) is 10.2 Å². The quantitative estimate of drug-likeness (QED) is 0.731. The number of hydrogen-bond donors (Lipinski definition) is 0. The second-order valence-electron chi connectivity index (χ2n) is 6.22. The molecule has 128 valence electrons. The SMILES string of the molecule is COc1ccc2c(N3CCCC(c4ccccn4)C3)ncnc2c1F. The molecule has 3 heterocycles. The molecule has 0 radical (unpaired) electrons. The summed E-state index contributed by atoms with van der Waals surface area (Å²) in [4.78, 5) is 15.3. The Kier molecular flexibility index (Phi) is 4.17. The molecule has 1 saturated heterocycles. The minimum absolute atomic E-state index is 0.196. The number of nitrogens with zero attached hydrogens (tertiary/aromatic N) is 4. The summed E-state index contributed by atoms with van der Waals surface area (Å²) in [5.41, 5.74) is 1.39. The number of pyridine rings is 1. The summed E-state index contributed by atoms with van der Waals surface area (Å²) in [6, 6.07) is 9.47. The van der Waals surface area contributed by atoms with Crippen LogP contribution in [-0.4, -0.2) is 35.2 Å². The molecule has 1 atom stereocenters. The Morgan fingerprint density at radius 3 is 2.88 bits per heavy atom. The molecule has 5 nitrogen and oxygen atoms in total. The average Bonchev–Trinajstić information content (AvgIpc) is 2.69. The van der Waals surface area contributed by atoms with Gasteiger partial charge in [0.1, 0.15) is 17.7 Å². The van der Waals surface area contributed by atoms with Gasteiger partial charge in [0.25, 0.3) is 0 Å². The van der Waals surface area contributed by atoms with Crippen molar-refractivity contribution in [2.75, 3.05) is 25.1 Å². The zero-order chi connectivity index (χ0) is 17.2. The maximum atomic E-state index is 14.5. The molecule has 0 amide bonds. The number of ether oxygens (including phenoxy) is 1. The van der Waals surface area contributed by atoms with E-state index >= 15 is 0 Å². The number of benzene rings is 1. The van der Waals surface area contributed by atoms with Gasteiger partial charge >= 0.3 is 0 Å². The van der Waals surface area contributed by atoms with E-state index in [1.807, 2.05) is 24.4 Å². The summed E-state index contributed by atoms with van der Waals surface area (Å²) >= 11 is 0. The van der Waals surface area contributed by atoms with Gasteiger partial charge < -0.3 is 9.64 Å². The summed E-state index contributed by atoms with van der Waals surface area (Å²) in [7, 11) is 1.45. The fourth-order valence-corrected chi connectivity index (χ4v) is 3.50. The minimum Gasteiger partial charge on any atom is -0.494 e. The van der Waals surface area contributed by atoms with Crippen LogP contribution < -0.4 is 9.64 Å². The molecule has 4 rings (SSSR count). The molecule has 25 heavy (non-hydrogen) atoms. The summed E-state index contributed by atoms with van der Waals surface area (Å²) in [5.74, 6) is 0.874. The smallest absolute Gasteiger partial charge is 0.191 e. The van der Waals surface area contributed by atoms with E-state index in [1.54, 1.807) is 6.07 Å². The number of anilines is 1. The molecule has 0 aliphatic carbocycles. The van der Waals surface area contributed by atoms with Gasteiger partial charge in [0.05, 0.1) is 7.11 Å². The molecule has 1 fully saturated rings. The highest BCUT2D eigenvalue weighted by Crippen LogP contribution is 2.33. The largest absolute Gasteiger partial charge is 0.494 e. The van der Waals surface area contributed by atoms with Crippen LogP contribution in [0.2, 0.25) is 0 Å². The molecular formula is C19H19FN4O. The van der Waals surface area contributed by atoms with Crippen LogP contribution in [0.1, 0.15) is 24.5 Å². The van der Waals surface area contributed by atoms with E-state index in [4.69, 9.17) is 4.74 Å². The van der Waals surface area contributed by atoms with E-state index in [-0.39, 0.29) is 5.75 Å². The van der Waals surface area contributed by atoms with Crippen LogP contribution in [0.3, 0.4) is 0 Å². The molecule has 1 aliphatic rings. The van der Waals surface area contributed by atoms with Gasteiger partial charge in [-0.15, -0.1) is 0 Å². The standard InChI is InChI=1S/C19H19FN4O/c1-25-16-8-7-14-18(17(16)20)22-12-23-19(14)24-10-4-5-13(11-24)15-6-2-3-9-21-15/h2-3,6-9,12-13H,4-5,10-11H2,1H3. The maximum absolute atomic E-state index is 14.5. The third kappa shape index (κ3) is 2.88. The topological polar surface area (TPSA) is 51.1 Å². The van der Waals surface area contributed by atoms with E-state index in [2.05, 4.69) is 25.9 Å². The second-order valence-corrected chi connectivity index (χ2v) is 6.22. The molecule has 0 bridgehead atoms.